The molecule has 1 aromatic carbocycles. The molecule has 0 saturated carbocycles. The number of para-hydroxylation sites is 1. The Hall–Kier alpha value is -2.73. The average Bonchev–Trinajstić information content (AvgIpc) is 3.15. The first-order valence-electron chi connectivity index (χ1n) is 7.98. The number of thiophene rings is 1. The van der Waals surface area contributed by atoms with Crippen molar-refractivity contribution in [3.63, 3.8) is 0 Å². The highest BCUT2D eigenvalue weighted by atomic mass is 32.1. The van der Waals surface area contributed by atoms with Gasteiger partial charge in [0.25, 0.3) is 5.91 Å². The van der Waals surface area contributed by atoms with Crippen LogP contribution in [0.3, 0.4) is 0 Å². The molecule has 0 aliphatic rings. The van der Waals surface area contributed by atoms with Crippen molar-refractivity contribution in [2.75, 3.05) is 20.6 Å². The lowest BCUT2D eigenvalue weighted by Crippen LogP contribution is -2.30. The topological polar surface area (TPSA) is 62.3 Å². The van der Waals surface area contributed by atoms with Crippen molar-refractivity contribution in [2.24, 2.45) is 0 Å². The average molecular weight is 353 g/mol. The first kappa shape index (κ1) is 17.1. The molecule has 128 valence electrons. The quantitative estimate of drug-likeness (QED) is 0.766. The maximum atomic E-state index is 12.7. The van der Waals surface area contributed by atoms with Crippen LogP contribution in [0.1, 0.15) is 16.8 Å². The minimum Gasteiger partial charge on any atom is -0.351 e. The van der Waals surface area contributed by atoms with Crippen molar-refractivity contribution >= 4 is 34.1 Å². The SMILES string of the molecule is CN(C)C(=O)CCNC(=O)c1cc(-c2cccs2)nc2ccccc12. The lowest BCUT2D eigenvalue weighted by atomic mass is 10.1. The molecule has 0 unspecified atom stereocenters. The fourth-order valence-electron chi connectivity index (χ4n) is 2.52. The summed E-state index contributed by atoms with van der Waals surface area (Å²) in [5, 5.41) is 5.63. The van der Waals surface area contributed by atoms with Crippen molar-refractivity contribution in [3.8, 4) is 10.6 Å². The van der Waals surface area contributed by atoms with Crippen molar-refractivity contribution in [2.45, 2.75) is 6.42 Å². The van der Waals surface area contributed by atoms with Crippen LogP contribution in [0.4, 0.5) is 0 Å². The zero-order chi connectivity index (χ0) is 17.8. The smallest absolute Gasteiger partial charge is 0.252 e. The Kier molecular flexibility index (Phi) is 5.09. The van der Waals surface area contributed by atoms with Crippen molar-refractivity contribution in [3.05, 3.63) is 53.4 Å². The van der Waals surface area contributed by atoms with Gasteiger partial charge >= 0.3 is 0 Å². The molecule has 0 saturated heterocycles. The molecule has 0 aliphatic heterocycles. The predicted octanol–water partition coefficient (Wildman–Crippen LogP) is 3.17. The van der Waals surface area contributed by atoms with Crippen LogP contribution in [-0.2, 0) is 4.79 Å². The highest BCUT2D eigenvalue weighted by Gasteiger charge is 2.14. The van der Waals surface area contributed by atoms with Crippen LogP contribution in [0.25, 0.3) is 21.5 Å². The van der Waals surface area contributed by atoms with Gasteiger partial charge < -0.3 is 10.2 Å². The summed E-state index contributed by atoms with van der Waals surface area (Å²) < 4.78 is 0. The molecular formula is C19H19N3O2S. The summed E-state index contributed by atoms with van der Waals surface area (Å²) in [6.45, 7) is 0.306. The van der Waals surface area contributed by atoms with Gasteiger partial charge in [-0.05, 0) is 23.6 Å². The van der Waals surface area contributed by atoms with Gasteiger partial charge in [0.2, 0.25) is 5.91 Å². The Balaban J connectivity index is 1.89. The van der Waals surface area contributed by atoms with Crippen LogP contribution < -0.4 is 5.32 Å². The fourth-order valence-corrected chi connectivity index (χ4v) is 3.20. The van der Waals surface area contributed by atoms with Crippen LogP contribution in [0.2, 0.25) is 0 Å². The molecule has 6 heteroatoms. The second kappa shape index (κ2) is 7.44. The summed E-state index contributed by atoms with van der Waals surface area (Å²) in [6.07, 6.45) is 0.277. The summed E-state index contributed by atoms with van der Waals surface area (Å²) in [5.74, 6) is -0.206. The van der Waals surface area contributed by atoms with E-state index >= 15 is 0 Å². The third-order valence-corrected chi connectivity index (χ3v) is 4.75. The molecule has 0 radical (unpaired) electrons. The number of carbonyl (C=O) groups is 2. The molecule has 1 N–H and O–H groups in total. The van der Waals surface area contributed by atoms with Gasteiger partial charge in [-0.3, -0.25) is 9.59 Å². The summed E-state index contributed by atoms with van der Waals surface area (Å²) in [4.78, 5) is 31.5. The monoisotopic (exact) mass is 353 g/mol. The number of pyridine rings is 1. The van der Waals surface area contributed by atoms with Gasteiger partial charge in [-0.15, -0.1) is 11.3 Å². The minimum atomic E-state index is -0.192. The molecule has 3 rings (SSSR count). The second-order valence-electron chi connectivity index (χ2n) is 5.84. The van der Waals surface area contributed by atoms with Crippen molar-refractivity contribution in [1.82, 2.24) is 15.2 Å². The van der Waals surface area contributed by atoms with E-state index in [4.69, 9.17) is 0 Å². The summed E-state index contributed by atoms with van der Waals surface area (Å²) in [5.41, 5.74) is 2.14. The summed E-state index contributed by atoms with van der Waals surface area (Å²) >= 11 is 1.59. The highest BCUT2D eigenvalue weighted by molar-refractivity contribution is 7.13. The van der Waals surface area contributed by atoms with Crippen LogP contribution in [0, 0.1) is 0 Å². The highest BCUT2D eigenvalue weighted by Crippen LogP contribution is 2.27. The van der Waals surface area contributed by atoms with Crippen molar-refractivity contribution in [1.29, 1.82) is 0 Å². The number of hydrogen-bond donors (Lipinski definition) is 1. The molecule has 0 atom stereocenters. The van der Waals surface area contributed by atoms with E-state index in [-0.39, 0.29) is 18.2 Å². The maximum Gasteiger partial charge on any atom is 0.252 e. The number of carbonyl (C=O) groups excluding carboxylic acids is 2. The lowest BCUT2D eigenvalue weighted by molar-refractivity contribution is -0.128. The molecule has 2 amide bonds. The minimum absolute atomic E-state index is 0.0147. The third-order valence-electron chi connectivity index (χ3n) is 3.86. The first-order chi connectivity index (χ1) is 12.1. The van der Waals surface area contributed by atoms with Gasteiger partial charge in [0.15, 0.2) is 0 Å². The Morgan fingerprint density at radius 1 is 1.16 bits per heavy atom. The Morgan fingerprint density at radius 3 is 2.68 bits per heavy atom. The van der Waals surface area contributed by atoms with Gasteiger partial charge in [0.1, 0.15) is 0 Å². The molecular weight excluding hydrogens is 334 g/mol. The van der Waals surface area contributed by atoms with E-state index in [2.05, 4.69) is 10.3 Å². The zero-order valence-corrected chi connectivity index (χ0v) is 15.0. The number of rotatable bonds is 5. The Labute approximate surface area is 150 Å². The molecule has 2 heterocycles. The molecule has 25 heavy (non-hydrogen) atoms. The first-order valence-corrected chi connectivity index (χ1v) is 8.86. The summed E-state index contributed by atoms with van der Waals surface area (Å²) in [7, 11) is 3.40. The van der Waals surface area contributed by atoms with E-state index < -0.39 is 0 Å². The number of benzene rings is 1. The van der Waals surface area contributed by atoms with E-state index in [1.807, 2.05) is 47.8 Å². The van der Waals surface area contributed by atoms with Crippen molar-refractivity contribution < 1.29 is 9.59 Å². The van der Waals surface area contributed by atoms with Crippen LogP contribution >= 0.6 is 11.3 Å². The van der Waals surface area contributed by atoms with E-state index in [9.17, 15) is 9.59 Å². The third kappa shape index (κ3) is 3.85. The second-order valence-corrected chi connectivity index (χ2v) is 6.79. The maximum absolute atomic E-state index is 12.7. The predicted molar refractivity (Wildman–Crippen MR) is 101 cm³/mol. The standard InChI is InChI=1S/C19H19N3O2S/c1-22(2)18(23)9-10-20-19(24)14-12-16(17-8-5-11-25-17)21-15-7-4-3-6-13(14)15/h3-8,11-12H,9-10H2,1-2H3,(H,20,24). The summed E-state index contributed by atoms with van der Waals surface area (Å²) in [6, 6.07) is 13.4. The fraction of sp³-hybridized carbons (Fsp3) is 0.211. The number of amides is 2. The van der Waals surface area contributed by atoms with Gasteiger partial charge in [-0.25, -0.2) is 4.98 Å². The molecule has 0 fully saturated rings. The van der Waals surface area contributed by atoms with E-state index in [0.717, 1.165) is 21.5 Å². The molecule has 3 aromatic rings. The van der Waals surface area contributed by atoms with E-state index in [0.29, 0.717) is 12.1 Å². The number of nitrogens with zero attached hydrogens (tertiary/aromatic N) is 2. The Morgan fingerprint density at radius 2 is 1.96 bits per heavy atom. The van der Waals surface area contributed by atoms with Gasteiger partial charge in [0.05, 0.1) is 21.7 Å². The zero-order valence-electron chi connectivity index (χ0n) is 14.2. The molecule has 5 nitrogen and oxygen atoms in total. The van der Waals surface area contributed by atoms with E-state index in [1.165, 1.54) is 4.90 Å². The largest absolute Gasteiger partial charge is 0.351 e. The van der Waals surface area contributed by atoms with Gasteiger partial charge in [-0.1, -0.05) is 24.3 Å². The van der Waals surface area contributed by atoms with Gasteiger partial charge in [-0.2, -0.15) is 0 Å². The molecule has 0 aliphatic carbocycles. The number of fused-ring (bicyclic) bond motifs is 1. The lowest BCUT2D eigenvalue weighted by Gasteiger charge is -2.12. The number of aromatic nitrogens is 1. The number of hydrogen-bond acceptors (Lipinski definition) is 4. The normalized spacial score (nSPS) is 10.6. The van der Waals surface area contributed by atoms with Crippen LogP contribution in [0.5, 0.6) is 0 Å². The van der Waals surface area contributed by atoms with Gasteiger partial charge in [0, 0.05) is 32.4 Å². The molecule has 0 spiro atoms. The van der Waals surface area contributed by atoms with Crippen LogP contribution in [-0.4, -0.2) is 42.3 Å². The number of nitrogens with one attached hydrogen (secondary N) is 1. The molecule has 2 aromatic heterocycles. The molecule has 0 bridgehead atoms. The Bertz CT molecular complexity index is 904. The van der Waals surface area contributed by atoms with E-state index in [1.54, 1.807) is 25.4 Å². The van der Waals surface area contributed by atoms with Crippen LogP contribution in [0.15, 0.2) is 47.8 Å².